The highest BCUT2D eigenvalue weighted by Gasteiger charge is 2.12. The first kappa shape index (κ1) is 17.2. The molecule has 1 aliphatic rings. The van der Waals surface area contributed by atoms with Crippen LogP contribution >= 0.6 is 0 Å². The number of anilines is 1. The van der Waals surface area contributed by atoms with Gasteiger partial charge in [0.05, 0.1) is 0 Å². The van der Waals surface area contributed by atoms with Crippen LogP contribution in [0.3, 0.4) is 0 Å². The summed E-state index contributed by atoms with van der Waals surface area (Å²) in [6, 6.07) is 17.0. The highest BCUT2D eigenvalue weighted by molar-refractivity contribution is 7.84. The Bertz CT molecular complexity index is 676. The van der Waals surface area contributed by atoms with E-state index in [1.165, 1.54) is 37.1 Å². The molecule has 1 aliphatic heterocycles. The Morgan fingerprint density at radius 3 is 2.25 bits per heavy atom. The zero-order chi connectivity index (χ0) is 16.9. The summed E-state index contributed by atoms with van der Waals surface area (Å²) in [7, 11) is -0.918. The van der Waals surface area contributed by atoms with Crippen molar-refractivity contribution in [3.8, 4) is 0 Å². The number of hydrogen-bond acceptors (Lipinski definition) is 3. The van der Waals surface area contributed by atoms with E-state index in [-0.39, 0.29) is 6.04 Å². The van der Waals surface area contributed by atoms with Crippen LogP contribution in [0.2, 0.25) is 0 Å². The molecule has 2 atom stereocenters. The molecule has 1 N–H and O–H groups in total. The van der Waals surface area contributed by atoms with Gasteiger partial charge in [0.25, 0.3) is 0 Å². The van der Waals surface area contributed by atoms with Gasteiger partial charge >= 0.3 is 0 Å². The minimum atomic E-state index is -0.918. The fraction of sp³-hybridized carbons (Fsp3) is 0.400. The number of nitrogens with one attached hydrogen (secondary N) is 1. The Morgan fingerprint density at radius 1 is 1.04 bits per heavy atom. The minimum Gasteiger partial charge on any atom is -0.379 e. The van der Waals surface area contributed by atoms with E-state index >= 15 is 0 Å². The molecule has 0 saturated carbocycles. The summed E-state index contributed by atoms with van der Waals surface area (Å²) in [4.78, 5) is 3.39. The SMILES string of the molecule is C[C@@H](Nc1ccc(CN2CCCC2)cc1)c1ccc([S@@](C)=O)cc1. The fourth-order valence-corrected chi connectivity index (χ4v) is 3.71. The molecule has 3 rings (SSSR count). The number of rotatable bonds is 6. The summed E-state index contributed by atoms with van der Waals surface area (Å²) >= 11 is 0. The van der Waals surface area contributed by atoms with Crippen molar-refractivity contribution in [3.05, 3.63) is 59.7 Å². The van der Waals surface area contributed by atoms with Gasteiger partial charge in [-0.3, -0.25) is 9.11 Å². The van der Waals surface area contributed by atoms with Crippen LogP contribution in [0.15, 0.2) is 53.4 Å². The second-order valence-corrected chi connectivity index (χ2v) is 7.95. The third-order valence-electron chi connectivity index (χ3n) is 4.65. The molecule has 2 aromatic carbocycles. The molecular formula is C20H26N2OS. The molecule has 4 heteroatoms. The summed E-state index contributed by atoms with van der Waals surface area (Å²) in [6.07, 6.45) is 4.38. The van der Waals surface area contributed by atoms with E-state index in [0.717, 1.165) is 17.1 Å². The van der Waals surface area contributed by atoms with Gasteiger partial charge in [-0.1, -0.05) is 24.3 Å². The second kappa shape index (κ2) is 7.95. The standard InChI is InChI=1S/C20H26N2OS/c1-16(18-7-11-20(12-8-18)24(2)23)21-19-9-5-17(6-10-19)15-22-13-3-4-14-22/h5-12,16,21H,3-4,13-15H2,1-2H3/t16-,24-/m1/s1. The van der Waals surface area contributed by atoms with E-state index < -0.39 is 10.8 Å². The van der Waals surface area contributed by atoms with Crippen LogP contribution in [0.5, 0.6) is 0 Å². The molecule has 0 spiro atoms. The van der Waals surface area contributed by atoms with Crippen LogP contribution < -0.4 is 5.32 Å². The van der Waals surface area contributed by atoms with Crippen molar-refractivity contribution < 1.29 is 4.21 Å². The van der Waals surface area contributed by atoms with Gasteiger partial charge < -0.3 is 5.32 Å². The summed E-state index contributed by atoms with van der Waals surface area (Å²) < 4.78 is 11.5. The number of benzene rings is 2. The Hall–Kier alpha value is -1.65. The van der Waals surface area contributed by atoms with Gasteiger partial charge in [0.2, 0.25) is 0 Å². The lowest BCUT2D eigenvalue weighted by atomic mass is 10.1. The van der Waals surface area contributed by atoms with Crippen LogP contribution in [0.4, 0.5) is 5.69 Å². The van der Waals surface area contributed by atoms with E-state index in [2.05, 4.69) is 53.5 Å². The first-order chi connectivity index (χ1) is 11.6. The largest absolute Gasteiger partial charge is 0.379 e. The van der Waals surface area contributed by atoms with Crippen molar-refractivity contribution in [2.24, 2.45) is 0 Å². The van der Waals surface area contributed by atoms with Crippen molar-refractivity contribution in [3.63, 3.8) is 0 Å². The fourth-order valence-electron chi connectivity index (χ4n) is 3.19. The lowest BCUT2D eigenvalue weighted by molar-refractivity contribution is 0.331. The normalized spacial score (nSPS) is 17.6. The van der Waals surface area contributed by atoms with Gasteiger partial charge in [0.1, 0.15) is 0 Å². The van der Waals surface area contributed by atoms with Crippen LogP contribution in [-0.2, 0) is 17.3 Å². The monoisotopic (exact) mass is 342 g/mol. The van der Waals surface area contributed by atoms with Crippen LogP contribution in [0, 0.1) is 0 Å². The zero-order valence-electron chi connectivity index (χ0n) is 14.5. The number of likely N-dealkylation sites (tertiary alicyclic amines) is 1. The molecule has 2 aromatic rings. The molecule has 3 nitrogen and oxygen atoms in total. The third kappa shape index (κ3) is 4.46. The third-order valence-corrected chi connectivity index (χ3v) is 5.59. The van der Waals surface area contributed by atoms with Crippen molar-refractivity contribution >= 4 is 16.5 Å². The first-order valence-corrected chi connectivity index (χ1v) is 10.2. The van der Waals surface area contributed by atoms with Gasteiger partial charge in [-0.15, -0.1) is 0 Å². The van der Waals surface area contributed by atoms with Crippen LogP contribution in [0.1, 0.15) is 36.9 Å². The molecule has 0 amide bonds. The number of hydrogen-bond donors (Lipinski definition) is 1. The van der Waals surface area contributed by atoms with Crippen molar-refractivity contribution in [2.45, 2.75) is 37.2 Å². The summed E-state index contributed by atoms with van der Waals surface area (Å²) in [5, 5.41) is 3.54. The maximum absolute atomic E-state index is 11.5. The average molecular weight is 343 g/mol. The Balaban J connectivity index is 1.59. The predicted octanol–water partition coefficient (Wildman–Crippen LogP) is 4.19. The molecule has 0 unspecified atom stereocenters. The lowest BCUT2D eigenvalue weighted by Crippen LogP contribution is -2.18. The summed E-state index contributed by atoms with van der Waals surface area (Å²) in [5.41, 5.74) is 3.71. The number of nitrogens with zero attached hydrogens (tertiary/aromatic N) is 1. The van der Waals surface area contributed by atoms with E-state index in [4.69, 9.17) is 0 Å². The van der Waals surface area contributed by atoms with Gasteiger partial charge in [-0.05, 0) is 68.2 Å². The maximum atomic E-state index is 11.5. The highest BCUT2D eigenvalue weighted by Crippen LogP contribution is 2.21. The van der Waals surface area contributed by atoms with Crippen LogP contribution in [0.25, 0.3) is 0 Å². The maximum Gasteiger partial charge on any atom is 0.0498 e. The van der Waals surface area contributed by atoms with Gasteiger partial charge in [0.15, 0.2) is 0 Å². The Morgan fingerprint density at radius 2 is 1.67 bits per heavy atom. The zero-order valence-corrected chi connectivity index (χ0v) is 15.3. The quantitative estimate of drug-likeness (QED) is 0.854. The molecule has 0 aliphatic carbocycles. The van der Waals surface area contributed by atoms with Crippen LogP contribution in [-0.4, -0.2) is 28.5 Å². The summed E-state index contributed by atoms with van der Waals surface area (Å²) in [5.74, 6) is 0. The molecule has 1 saturated heterocycles. The van der Waals surface area contributed by atoms with Gasteiger partial charge in [0, 0.05) is 40.2 Å². The highest BCUT2D eigenvalue weighted by atomic mass is 32.2. The van der Waals surface area contributed by atoms with Crippen molar-refractivity contribution in [1.82, 2.24) is 4.90 Å². The molecule has 128 valence electrons. The molecule has 0 radical (unpaired) electrons. The Labute approximate surface area is 147 Å². The van der Waals surface area contributed by atoms with E-state index in [0.29, 0.717) is 0 Å². The first-order valence-electron chi connectivity index (χ1n) is 8.63. The predicted molar refractivity (Wildman–Crippen MR) is 102 cm³/mol. The molecule has 1 heterocycles. The van der Waals surface area contributed by atoms with Crippen molar-refractivity contribution in [1.29, 1.82) is 0 Å². The Kier molecular flexibility index (Phi) is 5.69. The van der Waals surface area contributed by atoms with E-state index in [9.17, 15) is 4.21 Å². The molecule has 0 bridgehead atoms. The molecule has 1 fully saturated rings. The van der Waals surface area contributed by atoms with Gasteiger partial charge in [-0.25, -0.2) is 0 Å². The lowest BCUT2D eigenvalue weighted by Gasteiger charge is -2.18. The van der Waals surface area contributed by atoms with E-state index in [1.54, 1.807) is 6.26 Å². The molecule has 0 aromatic heterocycles. The van der Waals surface area contributed by atoms with E-state index in [1.807, 2.05) is 12.1 Å². The molecule has 24 heavy (non-hydrogen) atoms. The topological polar surface area (TPSA) is 32.3 Å². The summed E-state index contributed by atoms with van der Waals surface area (Å²) in [6.45, 7) is 5.67. The smallest absolute Gasteiger partial charge is 0.0498 e. The second-order valence-electron chi connectivity index (χ2n) is 6.57. The molecular weight excluding hydrogens is 316 g/mol. The van der Waals surface area contributed by atoms with Crippen molar-refractivity contribution in [2.75, 3.05) is 24.7 Å². The average Bonchev–Trinajstić information content (AvgIpc) is 3.09. The van der Waals surface area contributed by atoms with Gasteiger partial charge in [-0.2, -0.15) is 0 Å². The minimum absolute atomic E-state index is 0.216.